The van der Waals surface area contributed by atoms with Crippen molar-refractivity contribution < 1.29 is 19.7 Å². The third kappa shape index (κ3) is 2.97. The first-order valence-electron chi connectivity index (χ1n) is 8.86. The molecule has 2 N–H and O–H groups in total. The molecule has 1 fully saturated rings. The largest absolute Gasteiger partial charge is 0.508 e. The first-order valence-corrected chi connectivity index (χ1v) is 8.86. The van der Waals surface area contributed by atoms with E-state index in [0.717, 1.165) is 42.3 Å². The zero-order chi connectivity index (χ0) is 17.4. The molecule has 0 spiro atoms. The molecule has 2 heterocycles. The number of phenols is 1. The van der Waals surface area contributed by atoms with Crippen LogP contribution in [-0.4, -0.2) is 40.9 Å². The third-order valence-corrected chi connectivity index (χ3v) is 5.41. The maximum absolute atomic E-state index is 11.6. The monoisotopic (exact) mass is 342 g/mol. The van der Waals surface area contributed by atoms with Gasteiger partial charge in [-0.2, -0.15) is 0 Å². The van der Waals surface area contributed by atoms with Gasteiger partial charge in [-0.3, -0.25) is 9.78 Å². The normalized spacial score (nSPS) is 23.1. The number of aromatic nitrogens is 1. The molecule has 1 aliphatic heterocycles. The zero-order valence-corrected chi connectivity index (χ0v) is 14.0. The SMILES string of the molecule is O=C(O)[C@@H]1CCCC[C@@H]1CN1CCOc2cnc3ccc(O)cc3c21. The smallest absolute Gasteiger partial charge is 0.306 e. The molecular formula is C19H22N2O4. The minimum absolute atomic E-state index is 0.137. The number of phenolic OH excluding ortho intramolecular Hbond substituents is 1. The predicted molar refractivity (Wildman–Crippen MR) is 94.2 cm³/mol. The number of hydrogen-bond donors (Lipinski definition) is 2. The first-order chi connectivity index (χ1) is 12.1. The molecule has 1 aromatic heterocycles. The van der Waals surface area contributed by atoms with Crippen molar-refractivity contribution in [3.05, 3.63) is 24.4 Å². The van der Waals surface area contributed by atoms with Crippen LogP contribution in [0.25, 0.3) is 10.9 Å². The van der Waals surface area contributed by atoms with Crippen LogP contribution in [0.4, 0.5) is 5.69 Å². The summed E-state index contributed by atoms with van der Waals surface area (Å²) in [4.78, 5) is 18.2. The number of carboxylic acids is 1. The van der Waals surface area contributed by atoms with Crippen LogP contribution < -0.4 is 9.64 Å². The number of fused-ring (bicyclic) bond motifs is 3. The molecule has 0 unspecified atom stereocenters. The Bertz CT molecular complexity index is 807. The molecule has 1 saturated carbocycles. The molecule has 2 aromatic rings. The van der Waals surface area contributed by atoms with Crippen molar-refractivity contribution in [2.45, 2.75) is 25.7 Å². The van der Waals surface area contributed by atoms with Crippen molar-refractivity contribution in [1.29, 1.82) is 0 Å². The van der Waals surface area contributed by atoms with Gasteiger partial charge in [0.25, 0.3) is 0 Å². The van der Waals surface area contributed by atoms with Crippen molar-refractivity contribution in [3.63, 3.8) is 0 Å². The van der Waals surface area contributed by atoms with Crippen LogP contribution in [0.15, 0.2) is 24.4 Å². The number of aliphatic carboxylic acids is 1. The Morgan fingerprint density at radius 2 is 2.16 bits per heavy atom. The predicted octanol–water partition coefficient (Wildman–Crippen LogP) is 3.03. The number of ether oxygens (including phenoxy) is 1. The van der Waals surface area contributed by atoms with Crippen LogP contribution >= 0.6 is 0 Å². The lowest BCUT2D eigenvalue weighted by Gasteiger charge is -2.37. The molecule has 6 heteroatoms. The van der Waals surface area contributed by atoms with Gasteiger partial charge in [-0.25, -0.2) is 0 Å². The van der Waals surface area contributed by atoms with Gasteiger partial charge in [-0.15, -0.1) is 0 Å². The molecule has 4 rings (SSSR count). The van der Waals surface area contributed by atoms with Crippen molar-refractivity contribution in [2.75, 3.05) is 24.6 Å². The average molecular weight is 342 g/mol. The summed E-state index contributed by atoms with van der Waals surface area (Å²) in [6, 6.07) is 5.12. The molecule has 6 nitrogen and oxygen atoms in total. The van der Waals surface area contributed by atoms with Crippen LogP contribution in [-0.2, 0) is 4.79 Å². The fourth-order valence-electron chi connectivity index (χ4n) is 4.17. The number of rotatable bonds is 3. The van der Waals surface area contributed by atoms with Crippen LogP contribution in [0.1, 0.15) is 25.7 Å². The Morgan fingerprint density at radius 1 is 1.32 bits per heavy atom. The minimum atomic E-state index is -0.685. The van der Waals surface area contributed by atoms with E-state index in [1.54, 1.807) is 24.4 Å². The summed E-state index contributed by atoms with van der Waals surface area (Å²) in [6.45, 7) is 1.97. The van der Waals surface area contributed by atoms with Crippen LogP contribution in [0.5, 0.6) is 11.5 Å². The standard InChI is InChI=1S/C19H22N2O4/c22-13-5-6-16-15(9-13)18-17(10-20-16)25-8-7-21(18)11-12-3-1-2-4-14(12)19(23)24/h5-6,9-10,12,14,22H,1-4,7-8,11H2,(H,23,24)/t12-,14-/m1/s1. The van der Waals surface area contributed by atoms with E-state index in [1.807, 2.05) is 0 Å². The number of carbonyl (C=O) groups is 1. The highest BCUT2D eigenvalue weighted by molar-refractivity contribution is 5.96. The number of hydrogen-bond acceptors (Lipinski definition) is 5. The summed E-state index contributed by atoms with van der Waals surface area (Å²) < 4.78 is 5.76. The first kappa shape index (κ1) is 16.0. The quantitative estimate of drug-likeness (QED) is 0.892. The maximum Gasteiger partial charge on any atom is 0.306 e. The van der Waals surface area contributed by atoms with E-state index in [2.05, 4.69) is 9.88 Å². The molecule has 25 heavy (non-hydrogen) atoms. The summed E-state index contributed by atoms with van der Waals surface area (Å²) >= 11 is 0. The molecular weight excluding hydrogens is 320 g/mol. The van der Waals surface area contributed by atoms with Crippen LogP contribution in [0, 0.1) is 11.8 Å². The van der Waals surface area contributed by atoms with Gasteiger partial charge in [0.15, 0.2) is 5.75 Å². The molecule has 132 valence electrons. The Morgan fingerprint density at radius 3 is 3.00 bits per heavy atom. The van der Waals surface area contributed by atoms with E-state index in [-0.39, 0.29) is 17.6 Å². The highest BCUT2D eigenvalue weighted by atomic mass is 16.5. The van der Waals surface area contributed by atoms with Crippen molar-refractivity contribution >= 4 is 22.6 Å². The Kier molecular flexibility index (Phi) is 4.11. The van der Waals surface area contributed by atoms with Gasteiger partial charge in [-0.1, -0.05) is 12.8 Å². The number of carboxylic acid groups (broad SMARTS) is 1. The summed E-state index contributed by atoms with van der Waals surface area (Å²) in [5, 5.41) is 20.3. The second kappa shape index (κ2) is 6.43. The lowest BCUT2D eigenvalue weighted by atomic mass is 9.79. The zero-order valence-electron chi connectivity index (χ0n) is 14.0. The average Bonchev–Trinajstić information content (AvgIpc) is 2.62. The van der Waals surface area contributed by atoms with Gasteiger partial charge in [-0.05, 0) is 37.0 Å². The van der Waals surface area contributed by atoms with Gasteiger partial charge in [0.1, 0.15) is 12.4 Å². The fraction of sp³-hybridized carbons (Fsp3) is 0.474. The highest BCUT2D eigenvalue weighted by Gasteiger charge is 2.33. The van der Waals surface area contributed by atoms with Gasteiger partial charge in [0.05, 0.1) is 29.9 Å². The van der Waals surface area contributed by atoms with E-state index in [4.69, 9.17) is 4.74 Å². The van der Waals surface area contributed by atoms with E-state index in [1.165, 1.54) is 0 Å². The topological polar surface area (TPSA) is 82.9 Å². The molecule has 0 amide bonds. The van der Waals surface area contributed by atoms with E-state index in [9.17, 15) is 15.0 Å². The molecule has 0 bridgehead atoms. The summed E-state index contributed by atoms with van der Waals surface area (Å²) in [5.74, 6) is 0.0658. The van der Waals surface area contributed by atoms with Crippen molar-refractivity contribution in [3.8, 4) is 11.5 Å². The number of nitrogens with zero attached hydrogens (tertiary/aromatic N) is 2. The Hall–Kier alpha value is -2.50. The highest BCUT2D eigenvalue weighted by Crippen LogP contribution is 2.40. The second-order valence-electron chi connectivity index (χ2n) is 6.96. The third-order valence-electron chi connectivity index (χ3n) is 5.41. The lowest BCUT2D eigenvalue weighted by Crippen LogP contribution is -2.41. The van der Waals surface area contributed by atoms with E-state index < -0.39 is 5.97 Å². The number of benzene rings is 1. The second-order valence-corrected chi connectivity index (χ2v) is 6.96. The minimum Gasteiger partial charge on any atom is -0.508 e. The maximum atomic E-state index is 11.6. The molecule has 1 aliphatic carbocycles. The van der Waals surface area contributed by atoms with Crippen LogP contribution in [0.3, 0.4) is 0 Å². The fourth-order valence-corrected chi connectivity index (χ4v) is 4.17. The van der Waals surface area contributed by atoms with E-state index >= 15 is 0 Å². The Balaban J connectivity index is 1.71. The summed E-state index contributed by atoms with van der Waals surface area (Å²) in [7, 11) is 0. The molecule has 0 saturated heterocycles. The molecule has 0 radical (unpaired) electrons. The molecule has 1 aromatic carbocycles. The number of pyridine rings is 1. The number of aromatic hydroxyl groups is 1. The van der Waals surface area contributed by atoms with E-state index in [0.29, 0.717) is 25.4 Å². The van der Waals surface area contributed by atoms with Crippen molar-refractivity contribution in [2.24, 2.45) is 11.8 Å². The van der Waals surface area contributed by atoms with Crippen LogP contribution in [0.2, 0.25) is 0 Å². The van der Waals surface area contributed by atoms with Crippen molar-refractivity contribution in [1.82, 2.24) is 4.98 Å². The van der Waals surface area contributed by atoms with Gasteiger partial charge in [0.2, 0.25) is 0 Å². The van der Waals surface area contributed by atoms with Gasteiger partial charge < -0.3 is 19.8 Å². The van der Waals surface area contributed by atoms with Gasteiger partial charge >= 0.3 is 5.97 Å². The summed E-state index contributed by atoms with van der Waals surface area (Å²) in [6.07, 6.45) is 5.50. The molecule has 2 atom stereocenters. The Labute approximate surface area is 146 Å². The molecule has 2 aliphatic rings. The number of anilines is 1. The summed E-state index contributed by atoms with van der Waals surface area (Å²) in [5.41, 5.74) is 1.72. The lowest BCUT2D eigenvalue weighted by molar-refractivity contribution is -0.144. The van der Waals surface area contributed by atoms with Gasteiger partial charge in [0, 0.05) is 11.9 Å².